The number of nitrogens with one attached hydrogen (secondary N) is 17. The van der Waals surface area contributed by atoms with Gasteiger partial charge in [0.05, 0.1) is 31.5 Å². The average molecular weight is 1690 g/mol. The van der Waals surface area contributed by atoms with Crippen LogP contribution in [0.2, 0.25) is 0 Å². The number of carboxylic acids is 2. The number of hydrogen-bond donors (Lipinski definition) is 27. The zero-order valence-electron chi connectivity index (χ0n) is 66.7. The molecule has 0 unspecified atom stereocenters. The van der Waals surface area contributed by atoms with Crippen LogP contribution < -0.4 is 109 Å². The number of rotatable bonds is 53. The van der Waals surface area contributed by atoms with E-state index in [0.29, 0.717) is 39.6 Å². The lowest BCUT2D eigenvalue weighted by Crippen LogP contribution is -2.62. The van der Waals surface area contributed by atoms with E-state index in [1.54, 1.807) is 91.1 Å². The molecule has 1 aromatic heterocycles. The maximum Gasteiger partial charge on any atom is 0.326 e. The average Bonchev–Trinajstić information content (AvgIpc) is 1.68. The summed E-state index contributed by atoms with van der Waals surface area (Å²) in [5.41, 5.74) is 35.6. The van der Waals surface area contributed by atoms with Crippen molar-refractivity contribution in [1.82, 2.24) is 79.4 Å². The number of aromatic amines is 1. The first-order valence-electron chi connectivity index (χ1n) is 38.7. The number of nitrogens with two attached hydrogens (primary N) is 6. The summed E-state index contributed by atoms with van der Waals surface area (Å²) in [4.78, 5) is 222. The minimum Gasteiger partial charge on any atom is -0.508 e. The third-order valence-electron chi connectivity index (χ3n) is 18.7. The lowest BCUT2D eigenvalue weighted by atomic mass is 10.00. The largest absolute Gasteiger partial charge is 0.508 e. The van der Waals surface area contributed by atoms with Gasteiger partial charge in [0.15, 0.2) is 11.9 Å². The normalized spacial score (nSPS) is 14.2. The number of fused-ring (bicyclic) bond motifs is 1. The molecule has 0 aliphatic rings. The molecular weight excluding hydrogens is 1580 g/mol. The number of para-hydroxylation sites is 1. The molecule has 0 aliphatic heterocycles. The predicted molar refractivity (Wildman–Crippen MR) is 437 cm³/mol. The van der Waals surface area contributed by atoms with E-state index >= 15 is 19.2 Å². The van der Waals surface area contributed by atoms with Crippen molar-refractivity contribution in [1.29, 1.82) is 10.8 Å². The molecule has 43 nitrogen and oxygen atoms in total. The highest BCUT2D eigenvalue weighted by Gasteiger charge is 2.39. The number of phenols is 1. The molecular formula is C78H109N23O20. The van der Waals surface area contributed by atoms with Gasteiger partial charge in [-0.1, -0.05) is 91.0 Å². The van der Waals surface area contributed by atoms with Crippen molar-refractivity contribution in [3.05, 3.63) is 138 Å². The first-order valence-corrected chi connectivity index (χ1v) is 38.7. The van der Waals surface area contributed by atoms with Crippen LogP contribution in [0.25, 0.3) is 10.9 Å². The summed E-state index contributed by atoms with van der Waals surface area (Å²) in [7, 11) is 0. The highest BCUT2D eigenvalue weighted by atomic mass is 16.4. The molecule has 5 rings (SSSR count). The Morgan fingerprint density at radius 2 is 0.835 bits per heavy atom. The van der Waals surface area contributed by atoms with Crippen molar-refractivity contribution in [2.45, 2.75) is 189 Å². The number of unbranched alkanes of at least 4 members (excludes halogenated alkanes) is 1. The van der Waals surface area contributed by atoms with E-state index in [2.05, 4.69) is 79.4 Å². The van der Waals surface area contributed by atoms with Gasteiger partial charge in [-0.2, -0.15) is 0 Å². The van der Waals surface area contributed by atoms with Crippen molar-refractivity contribution in [3.8, 4) is 5.75 Å². The number of carbonyl (C=O) groups is 16. The van der Waals surface area contributed by atoms with E-state index < -0.39 is 217 Å². The second kappa shape index (κ2) is 50.0. The Balaban J connectivity index is 1.50. The highest BCUT2D eigenvalue weighted by molar-refractivity contribution is 6.01. The first kappa shape index (κ1) is 97.7. The van der Waals surface area contributed by atoms with Gasteiger partial charge < -0.3 is 134 Å². The van der Waals surface area contributed by atoms with Crippen LogP contribution in [-0.2, 0) is 102 Å². The maximum atomic E-state index is 15.5. The van der Waals surface area contributed by atoms with Gasteiger partial charge in [-0.25, -0.2) is 4.79 Å². The Bertz CT molecular complexity index is 4420. The van der Waals surface area contributed by atoms with Crippen LogP contribution >= 0.6 is 0 Å². The number of hydrogen-bond acceptors (Lipinski definition) is 22. The lowest BCUT2D eigenvalue weighted by molar-refractivity contribution is -0.143. The smallest absolute Gasteiger partial charge is 0.326 e. The number of aromatic hydroxyl groups is 1. The molecule has 0 radical (unpaired) electrons. The minimum atomic E-state index is -1.97. The molecule has 656 valence electrons. The van der Waals surface area contributed by atoms with E-state index in [1.807, 2.05) is 0 Å². The fourth-order valence-electron chi connectivity index (χ4n) is 12.3. The van der Waals surface area contributed by atoms with Crippen LogP contribution in [0.15, 0.2) is 115 Å². The highest BCUT2D eigenvalue weighted by Crippen LogP contribution is 2.21. The van der Waals surface area contributed by atoms with E-state index in [-0.39, 0.29) is 89.6 Å². The Labute approximate surface area is 694 Å². The van der Waals surface area contributed by atoms with Gasteiger partial charge in [0.25, 0.3) is 0 Å². The molecule has 5 aromatic rings. The first-order chi connectivity index (χ1) is 57.4. The van der Waals surface area contributed by atoms with Crippen LogP contribution in [0.3, 0.4) is 0 Å². The van der Waals surface area contributed by atoms with Crippen LogP contribution in [0.5, 0.6) is 5.75 Å². The zero-order valence-corrected chi connectivity index (χ0v) is 66.7. The van der Waals surface area contributed by atoms with Crippen LogP contribution in [0.1, 0.15) is 107 Å². The van der Waals surface area contributed by atoms with Gasteiger partial charge in [-0.3, -0.25) is 82.7 Å². The van der Waals surface area contributed by atoms with Crippen molar-refractivity contribution < 1.29 is 97.1 Å². The number of aromatic nitrogens is 1. The summed E-state index contributed by atoms with van der Waals surface area (Å²) >= 11 is 0. The number of H-pyrrole nitrogens is 1. The van der Waals surface area contributed by atoms with E-state index in [9.17, 15) is 78.0 Å². The number of amides is 14. The fraction of sp³-hybridized carbons (Fsp3) is 0.436. The number of aliphatic hydroxyl groups is 1. The van der Waals surface area contributed by atoms with Gasteiger partial charge in [0.1, 0.15) is 72.2 Å². The van der Waals surface area contributed by atoms with Gasteiger partial charge in [0, 0.05) is 62.3 Å². The Morgan fingerprint density at radius 1 is 0.421 bits per heavy atom. The van der Waals surface area contributed by atoms with Gasteiger partial charge in [-0.05, 0) is 112 Å². The molecule has 1 heterocycles. The second-order valence-electron chi connectivity index (χ2n) is 28.6. The SMILES string of the molecule is C[C@H](NC(=O)[C@H](Cc1ccccc1)NC(=O)[C@H](Cc1ccc(O)cc1)NC(=O)[C@H](CCCNC(=N)N)NC(=O)[C@H](Cc1c[nH]c2ccccc12)NC(=O)[C@H](Cc1ccccc1)NC(=O)[C@H](CCC(N)=O)NC(=O)[C@@H](NC(=O)[C@H](CCCNC(=N)N)NC(=O)[C@H](CCCCN)NC(=O)[C@@H](N)CC(=O)O)[C@@H](C)O)C(=O)NCC(=O)N[C@@H](CC(N)=O)C(=O)O. The fourth-order valence-corrected chi connectivity index (χ4v) is 12.3. The van der Waals surface area contributed by atoms with E-state index in [4.69, 9.17) is 45.2 Å². The van der Waals surface area contributed by atoms with Crippen LogP contribution in [-0.4, -0.2) is 237 Å². The molecule has 0 bridgehead atoms. The van der Waals surface area contributed by atoms with Crippen molar-refractivity contribution in [3.63, 3.8) is 0 Å². The third kappa shape index (κ3) is 35.1. The standard InChI is InChI=1S/C78H109N23O20/c1-41(65(109)90-40-62(106)92-59(76(120)121)38-61(82)105)91-71(115)55(33-43-15-5-3-6-16-43)99-72(116)57(35-45-24-26-47(103)27-25-45)97-68(112)52(22-13-31-87-77(83)84)95-74(118)58(36-46-39-89-50-20-10-9-19-48(46)50)100-73(117)56(34-44-17-7-4-8-18-44)98-69(113)54(28-29-60(81)104)96-75(119)64(42(2)102)101-70(114)53(23-14-32-88-78(85)86)94-67(111)51(21-11-12-30-79)93-66(110)49(80)37-63(107)108/h3-10,15-20,24-27,39,41-42,49,51-59,64,89,102-103H,11-14,21-23,28-38,40,79-80H2,1-2H3,(H2,81,104)(H2,82,105)(H,90,109)(H,91,115)(H,92,106)(H,93,110)(H,94,111)(H,95,118)(H,96,119)(H,97,112)(H,98,113)(H,99,116)(H,100,117)(H,101,114)(H,107,108)(H,120,121)(H4,83,84,87)(H4,85,86,88)/t41-,42+,49-,51-,52-,53-,54-,55-,56-,57-,58-,59-,64-/m0/s1. The quantitative estimate of drug-likeness (QED) is 0.00978. The van der Waals surface area contributed by atoms with E-state index in [0.717, 1.165) is 6.92 Å². The minimum absolute atomic E-state index is 0.0161. The molecule has 0 saturated heterocycles. The van der Waals surface area contributed by atoms with Crippen molar-refractivity contribution in [2.75, 3.05) is 26.2 Å². The lowest BCUT2D eigenvalue weighted by Gasteiger charge is -2.29. The Hall–Kier alpha value is -13.8. The van der Waals surface area contributed by atoms with Gasteiger partial charge in [-0.15, -0.1) is 0 Å². The number of guanidine groups is 2. The third-order valence-corrected chi connectivity index (χ3v) is 18.7. The number of aliphatic carboxylic acids is 2. The molecule has 0 fully saturated rings. The molecule has 0 spiro atoms. The maximum absolute atomic E-state index is 15.5. The van der Waals surface area contributed by atoms with Crippen molar-refractivity contribution >= 4 is 117 Å². The number of primary amides is 2. The van der Waals surface area contributed by atoms with Gasteiger partial charge in [0.2, 0.25) is 82.7 Å². The molecule has 33 N–H and O–H groups in total. The molecule has 13 atom stereocenters. The zero-order chi connectivity index (χ0) is 89.4. The monoisotopic (exact) mass is 1690 g/mol. The van der Waals surface area contributed by atoms with Crippen LogP contribution in [0, 0.1) is 10.8 Å². The Kier molecular flexibility index (Phi) is 40.4. The number of aliphatic hydroxyl groups excluding tert-OH is 1. The summed E-state index contributed by atoms with van der Waals surface area (Å²) in [6.07, 6.45) is -4.19. The summed E-state index contributed by atoms with van der Waals surface area (Å²) in [5, 5.41) is 91.2. The summed E-state index contributed by atoms with van der Waals surface area (Å²) < 4.78 is 0. The molecule has 0 aliphatic carbocycles. The predicted octanol–water partition coefficient (Wildman–Crippen LogP) is -6.32. The number of carbonyl (C=O) groups excluding carboxylic acids is 14. The van der Waals surface area contributed by atoms with E-state index in [1.165, 1.54) is 31.2 Å². The number of carboxylic acid groups (broad SMARTS) is 2. The molecule has 0 saturated carbocycles. The topological polar surface area (TPSA) is 742 Å². The number of phenolic OH excluding ortho intramolecular Hbond substituents is 1. The second-order valence-corrected chi connectivity index (χ2v) is 28.6. The Morgan fingerprint density at radius 3 is 1.29 bits per heavy atom. The molecule has 14 amide bonds. The van der Waals surface area contributed by atoms with Crippen LogP contribution in [0.4, 0.5) is 0 Å². The van der Waals surface area contributed by atoms with Gasteiger partial charge >= 0.3 is 11.9 Å². The molecule has 43 heteroatoms. The summed E-state index contributed by atoms with van der Waals surface area (Å²) in [6, 6.07) is 8.95. The molecule has 4 aromatic carbocycles. The number of benzene rings is 4. The summed E-state index contributed by atoms with van der Waals surface area (Å²) in [5.74, 6) is -18.6. The summed E-state index contributed by atoms with van der Waals surface area (Å²) in [6.45, 7) is 1.63. The van der Waals surface area contributed by atoms with Crippen molar-refractivity contribution in [2.24, 2.45) is 34.4 Å². The molecule has 121 heavy (non-hydrogen) atoms.